The van der Waals surface area contributed by atoms with Crippen LogP contribution in [0.3, 0.4) is 0 Å². The van der Waals surface area contributed by atoms with E-state index in [1.165, 1.54) is 0 Å². The SMILES string of the molecule is COc1ccc(C[C@@H]2C[C@@H](C(=O)CCc3cc4cccnc4[nH]3)N(C(=O)[C@H](N)CCC(=O)N3CCCC3)C2)cc1. The highest BCUT2D eigenvalue weighted by atomic mass is 16.5. The third-order valence-electron chi connectivity index (χ3n) is 8.26. The lowest BCUT2D eigenvalue weighted by molar-refractivity contribution is -0.139. The van der Waals surface area contributed by atoms with Crippen molar-refractivity contribution in [3.63, 3.8) is 0 Å². The second-order valence-electron chi connectivity index (χ2n) is 11.1. The summed E-state index contributed by atoms with van der Waals surface area (Å²) in [4.78, 5) is 50.8. The van der Waals surface area contributed by atoms with Gasteiger partial charge in [-0.05, 0) is 80.3 Å². The van der Waals surface area contributed by atoms with Crippen LogP contribution in [0, 0.1) is 5.92 Å². The fourth-order valence-electron chi connectivity index (χ4n) is 6.03. The van der Waals surface area contributed by atoms with Crippen molar-refractivity contribution >= 4 is 28.6 Å². The highest BCUT2D eigenvalue weighted by molar-refractivity contribution is 5.92. The molecule has 2 aliphatic rings. The number of ketones is 1. The molecule has 0 bridgehead atoms. The maximum atomic E-state index is 13.6. The standard InChI is InChI=1S/C31H39N5O4/c1-40-25-9-6-21(7-10-25)17-22-18-27(28(37)12-8-24-19-23-5-4-14-33-30(23)34-24)36(20-22)31(39)26(32)11-13-29(38)35-15-2-3-16-35/h4-7,9-10,14,19,22,26-27H,2-3,8,11-13,15-18,20,32H2,1H3,(H,33,34)/t22-,26-,27+/m1/s1. The molecule has 0 aliphatic carbocycles. The number of hydrogen-bond donors (Lipinski definition) is 2. The Kier molecular flexibility index (Phi) is 8.79. The van der Waals surface area contributed by atoms with Crippen molar-refractivity contribution in [2.24, 2.45) is 11.7 Å². The second kappa shape index (κ2) is 12.6. The molecule has 2 aromatic heterocycles. The number of carbonyl (C=O) groups is 3. The molecule has 0 spiro atoms. The monoisotopic (exact) mass is 545 g/mol. The van der Waals surface area contributed by atoms with Crippen LogP contribution in [-0.2, 0) is 27.2 Å². The first-order valence-corrected chi connectivity index (χ1v) is 14.3. The first kappa shape index (κ1) is 27.8. The van der Waals surface area contributed by atoms with Gasteiger partial charge in [-0.2, -0.15) is 0 Å². The number of nitrogens with one attached hydrogen (secondary N) is 1. The minimum atomic E-state index is -0.804. The van der Waals surface area contributed by atoms with E-state index in [-0.39, 0.29) is 36.4 Å². The number of Topliss-reactive ketones (excluding diaryl/α,β-unsaturated/α-hetero) is 1. The van der Waals surface area contributed by atoms with Crippen LogP contribution in [0.4, 0.5) is 0 Å². The number of aromatic nitrogens is 2. The Bertz CT molecular complexity index is 1300. The lowest BCUT2D eigenvalue weighted by Gasteiger charge is -2.27. The fraction of sp³-hybridized carbons (Fsp3) is 0.484. The number of benzene rings is 1. The Morgan fingerprint density at radius 3 is 2.62 bits per heavy atom. The van der Waals surface area contributed by atoms with Gasteiger partial charge in [0.15, 0.2) is 5.78 Å². The van der Waals surface area contributed by atoms with E-state index >= 15 is 0 Å². The van der Waals surface area contributed by atoms with Crippen molar-refractivity contribution in [2.75, 3.05) is 26.7 Å². The second-order valence-corrected chi connectivity index (χ2v) is 11.1. The van der Waals surface area contributed by atoms with Gasteiger partial charge in [0.05, 0.1) is 19.2 Å². The van der Waals surface area contributed by atoms with E-state index in [0.717, 1.165) is 60.4 Å². The molecule has 2 amide bonds. The number of rotatable bonds is 11. The van der Waals surface area contributed by atoms with Gasteiger partial charge in [-0.15, -0.1) is 0 Å². The third-order valence-corrected chi connectivity index (χ3v) is 8.26. The molecule has 2 aliphatic heterocycles. The molecule has 4 heterocycles. The smallest absolute Gasteiger partial charge is 0.240 e. The zero-order valence-corrected chi connectivity index (χ0v) is 23.2. The van der Waals surface area contributed by atoms with Crippen LogP contribution in [-0.4, -0.2) is 76.2 Å². The average Bonchev–Trinajstić information content (AvgIpc) is 3.74. The summed E-state index contributed by atoms with van der Waals surface area (Å²) in [6.07, 6.45) is 6.56. The molecule has 0 radical (unpaired) electrons. The number of methoxy groups -OCH3 is 1. The van der Waals surface area contributed by atoms with Gasteiger partial charge in [0, 0.05) is 49.8 Å². The van der Waals surface area contributed by atoms with Gasteiger partial charge in [-0.1, -0.05) is 12.1 Å². The van der Waals surface area contributed by atoms with E-state index in [1.54, 1.807) is 18.2 Å². The van der Waals surface area contributed by atoms with Gasteiger partial charge < -0.3 is 25.3 Å². The Hall–Kier alpha value is -3.72. The molecule has 2 fully saturated rings. The molecule has 3 aromatic rings. The van der Waals surface area contributed by atoms with Crippen molar-refractivity contribution in [3.8, 4) is 5.75 Å². The molecule has 212 valence electrons. The van der Waals surface area contributed by atoms with Crippen molar-refractivity contribution in [3.05, 3.63) is 59.9 Å². The van der Waals surface area contributed by atoms with E-state index in [9.17, 15) is 14.4 Å². The molecule has 9 heteroatoms. The summed E-state index contributed by atoms with van der Waals surface area (Å²) >= 11 is 0. The quantitative estimate of drug-likeness (QED) is 0.382. The van der Waals surface area contributed by atoms with Gasteiger partial charge in [0.1, 0.15) is 11.4 Å². The van der Waals surface area contributed by atoms with E-state index in [0.29, 0.717) is 25.8 Å². The van der Waals surface area contributed by atoms with Gasteiger partial charge in [-0.3, -0.25) is 14.4 Å². The number of aryl methyl sites for hydroxylation is 1. The van der Waals surface area contributed by atoms with Crippen LogP contribution >= 0.6 is 0 Å². The largest absolute Gasteiger partial charge is 0.497 e. The Morgan fingerprint density at radius 1 is 1.12 bits per heavy atom. The number of amides is 2. The Balaban J connectivity index is 1.24. The zero-order valence-electron chi connectivity index (χ0n) is 23.2. The van der Waals surface area contributed by atoms with Crippen molar-refractivity contribution in [2.45, 2.75) is 63.5 Å². The number of carbonyl (C=O) groups excluding carboxylic acids is 3. The highest BCUT2D eigenvalue weighted by Crippen LogP contribution is 2.30. The molecular weight excluding hydrogens is 506 g/mol. The highest BCUT2D eigenvalue weighted by Gasteiger charge is 2.40. The first-order valence-electron chi connectivity index (χ1n) is 14.3. The minimum absolute atomic E-state index is 0.0394. The fourth-order valence-corrected chi connectivity index (χ4v) is 6.03. The molecule has 0 unspecified atom stereocenters. The summed E-state index contributed by atoms with van der Waals surface area (Å²) in [5, 5.41) is 1.01. The van der Waals surface area contributed by atoms with E-state index in [2.05, 4.69) is 9.97 Å². The summed E-state index contributed by atoms with van der Waals surface area (Å²) in [5.41, 5.74) is 9.23. The first-order chi connectivity index (χ1) is 19.4. The number of nitrogens with zero attached hydrogens (tertiary/aromatic N) is 3. The Labute approximate surface area is 235 Å². The number of fused-ring (bicyclic) bond motifs is 1. The molecule has 9 nitrogen and oxygen atoms in total. The van der Waals surface area contributed by atoms with Crippen molar-refractivity contribution in [1.82, 2.24) is 19.8 Å². The van der Waals surface area contributed by atoms with Crippen LogP contribution in [0.5, 0.6) is 5.75 Å². The zero-order chi connectivity index (χ0) is 28.1. The van der Waals surface area contributed by atoms with Gasteiger partial charge in [-0.25, -0.2) is 4.98 Å². The number of hydrogen-bond acceptors (Lipinski definition) is 6. The van der Waals surface area contributed by atoms with Gasteiger partial charge >= 0.3 is 0 Å². The molecule has 1 aromatic carbocycles. The lowest BCUT2D eigenvalue weighted by Crippen LogP contribution is -2.49. The predicted molar refractivity (Wildman–Crippen MR) is 153 cm³/mol. The van der Waals surface area contributed by atoms with Crippen LogP contribution in [0.2, 0.25) is 0 Å². The summed E-state index contributed by atoms with van der Waals surface area (Å²) in [5.74, 6) is 0.792. The number of likely N-dealkylation sites (tertiary alicyclic amines) is 2. The average molecular weight is 546 g/mol. The molecule has 0 saturated carbocycles. The lowest BCUT2D eigenvalue weighted by atomic mass is 9.94. The van der Waals surface area contributed by atoms with Crippen LogP contribution in [0.1, 0.15) is 49.8 Å². The number of ether oxygens (including phenoxy) is 1. The van der Waals surface area contributed by atoms with E-state index < -0.39 is 12.1 Å². The van der Waals surface area contributed by atoms with Crippen molar-refractivity contribution < 1.29 is 19.1 Å². The van der Waals surface area contributed by atoms with Crippen molar-refractivity contribution in [1.29, 1.82) is 0 Å². The summed E-state index contributed by atoms with van der Waals surface area (Å²) in [6.45, 7) is 2.04. The molecule has 40 heavy (non-hydrogen) atoms. The summed E-state index contributed by atoms with van der Waals surface area (Å²) in [6, 6.07) is 12.5. The molecule has 2 saturated heterocycles. The maximum absolute atomic E-state index is 13.6. The van der Waals surface area contributed by atoms with Crippen LogP contribution in [0.15, 0.2) is 48.7 Å². The Morgan fingerprint density at radius 2 is 1.90 bits per heavy atom. The number of nitrogens with two attached hydrogens (primary N) is 1. The summed E-state index contributed by atoms with van der Waals surface area (Å²) < 4.78 is 5.27. The normalized spacial score (nSPS) is 19.8. The third kappa shape index (κ3) is 6.53. The predicted octanol–water partition coefficient (Wildman–Crippen LogP) is 3.26. The molecule has 5 rings (SSSR count). The minimum Gasteiger partial charge on any atom is -0.497 e. The van der Waals surface area contributed by atoms with Gasteiger partial charge in [0.25, 0.3) is 0 Å². The molecule has 3 N–H and O–H groups in total. The number of H-pyrrole nitrogens is 1. The van der Waals surface area contributed by atoms with E-state index in [4.69, 9.17) is 10.5 Å². The number of aromatic amines is 1. The van der Waals surface area contributed by atoms with Crippen LogP contribution < -0.4 is 10.5 Å². The number of pyridine rings is 1. The maximum Gasteiger partial charge on any atom is 0.240 e. The van der Waals surface area contributed by atoms with E-state index in [1.807, 2.05) is 47.4 Å². The van der Waals surface area contributed by atoms with Gasteiger partial charge in [0.2, 0.25) is 11.8 Å². The topological polar surface area (TPSA) is 122 Å². The van der Waals surface area contributed by atoms with Crippen LogP contribution in [0.25, 0.3) is 11.0 Å². The molecule has 3 atom stereocenters. The summed E-state index contributed by atoms with van der Waals surface area (Å²) in [7, 11) is 1.64. The molecular formula is C31H39N5O4.